The van der Waals surface area contributed by atoms with Crippen LogP contribution in [0.5, 0.6) is 5.75 Å². The Bertz CT molecular complexity index is 947. The number of amides is 1. The number of aliphatic hydroxyl groups is 1. The molecule has 1 heterocycles. The Hall–Kier alpha value is -2.21. The molecule has 2 aliphatic rings. The number of para-hydroxylation sites is 2. The normalized spacial score (nSPS) is 21.1. The number of fused-ring (bicyclic) bond motifs is 1. The third kappa shape index (κ3) is 4.53. The lowest BCUT2D eigenvalue weighted by molar-refractivity contribution is -0.121. The van der Waals surface area contributed by atoms with Gasteiger partial charge in [0.05, 0.1) is 34.1 Å². The summed E-state index contributed by atoms with van der Waals surface area (Å²) >= 11 is 12.2. The molecule has 7 heteroatoms. The Morgan fingerprint density at radius 3 is 2.72 bits per heavy atom. The van der Waals surface area contributed by atoms with Crippen LogP contribution in [0.2, 0.25) is 10.0 Å². The highest BCUT2D eigenvalue weighted by molar-refractivity contribution is 6.42. The number of carbonyl (C=O) groups excluding carboxylic acids is 1. The highest BCUT2D eigenvalue weighted by atomic mass is 35.5. The van der Waals surface area contributed by atoms with Gasteiger partial charge >= 0.3 is 0 Å². The van der Waals surface area contributed by atoms with E-state index in [0.29, 0.717) is 28.8 Å². The second kappa shape index (κ2) is 8.66. The molecule has 2 aromatic carbocycles. The van der Waals surface area contributed by atoms with Gasteiger partial charge in [-0.2, -0.15) is 0 Å². The minimum atomic E-state index is -0.517. The van der Waals surface area contributed by atoms with E-state index < -0.39 is 6.10 Å². The van der Waals surface area contributed by atoms with Crippen LogP contribution in [0.3, 0.4) is 0 Å². The second-order valence-corrected chi connectivity index (χ2v) is 8.19. The highest BCUT2D eigenvalue weighted by Gasteiger charge is 2.29. The first kappa shape index (κ1) is 20.1. The van der Waals surface area contributed by atoms with Gasteiger partial charge in [0.2, 0.25) is 5.76 Å². The van der Waals surface area contributed by atoms with Gasteiger partial charge in [0, 0.05) is 6.54 Å². The Balaban J connectivity index is 1.57. The van der Waals surface area contributed by atoms with Crippen LogP contribution in [0.15, 0.2) is 54.4 Å². The van der Waals surface area contributed by atoms with Gasteiger partial charge in [0.15, 0.2) is 5.75 Å². The first-order chi connectivity index (χ1) is 14.0. The number of nitrogens with one attached hydrogen (secondary N) is 1. The van der Waals surface area contributed by atoms with Gasteiger partial charge in [0.1, 0.15) is 0 Å². The van der Waals surface area contributed by atoms with Gasteiger partial charge in [-0.05, 0) is 42.7 Å². The van der Waals surface area contributed by atoms with E-state index in [1.807, 2.05) is 41.3 Å². The Kier molecular flexibility index (Phi) is 5.99. The molecule has 4 rings (SSSR count). The van der Waals surface area contributed by atoms with Gasteiger partial charge in [-0.3, -0.25) is 4.79 Å². The van der Waals surface area contributed by atoms with Crippen molar-refractivity contribution in [3.63, 3.8) is 0 Å². The summed E-state index contributed by atoms with van der Waals surface area (Å²) in [6.07, 6.45) is 4.62. The molecular formula is C22H22Cl2N2O3. The summed E-state index contributed by atoms with van der Waals surface area (Å²) in [5.41, 5.74) is 1.81. The Morgan fingerprint density at radius 1 is 1.14 bits per heavy atom. The van der Waals surface area contributed by atoms with Gasteiger partial charge < -0.3 is 20.1 Å². The summed E-state index contributed by atoms with van der Waals surface area (Å²) in [5, 5.41) is 14.1. The average Bonchev–Trinajstić information content (AvgIpc) is 2.72. The van der Waals surface area contributed by atoms with E-state index in [9.17, 15) is 9.90 Å². The number of halogens is 2. The molecule has 1 amide bonds. The maximum absolute atomic E-state index is 12.8. The van der Waals surface area contributed by atoms with E-state index in [1.165, 1.54) is 0 Å². The number of hydrogen-bond acceptors (Lipinski definition) is 4. The van der Waals surface area contributed by atoms with Gasteiger partial charge in [-0.15, -0.1) is 0 Å². The SMILES string of the molecule is O=C(N[C@H]1CCCC[C@@H]1O)C1=CN(Cc2ccc(Cl)c(Cl)c2)c2ccccc2O1. The molecule has 0 saturated heterocycles. The van der Waals surface area contributed by atoms with Crippen molar-refractivity contribution in [1.29, 1.82) is 0 Å². The molecule has 0 spiro atoms. The number of hydrogen-bond donors (Lipinski definition) is 2. The summed E-state index contributed by atoms with van der Waals surface area (Å²) in [5.74, 6) is 0.468. The molecule has 1 aliphatic carbocycles. The minimum absolute atomic E-state index is 0.196. The van der Waals surface area contributed by atoms with Crippen molar-refractivity contribution in [3.05, 3.63) is 70.0 Å². The van der Waals surface area contributed by atoms with Crippen LogP contribution in [0.25, 0.3) is 0 Å². The fourth-order valence-corrected chi connectivity index (χ4v) is 4.05. The molecule has 5 nitrogen and oxygen atoms in total. The fourth-order valence-electron chi connectivity index (χ4n) is 3.73. The van der Waals surface area contributed by atoms with Crippen molar-refractivity contribution in [2.24, 2.45) is 0 Å². The smallest absolute Gasteiger partial charge is 0.288 e. The van der Waals surface area contributed by atoms with Crippen molar-refractivity contribution in [1.82, 2.24) is 5.32 Å². The van der Waals surface area contributed by atoms with Crippen LogP contribution in [0, 0.1) is 0 Å². The molecule has 0 aromatic heterocycles. The van der Waals surface area contributed by atoms with E-state index in [-0.39, 0.29) is 17.7 Å². The van der Waals surface area contributed by atoms with Crippen molar-refractivity contribution in [2.45, 2.75) is 44.4 Å². The standard InChI is InChI=1S/C22H22Cl2N2O3/c23-15-10-9-14(11-16(15)24)12-26-13-21(29-20-8-4-2-6-18(20)26)22(28)25-17-5-1-3-7-19(17)27/h2,4,6,8-11,13,17,19,27H,1,3,5,7,12H2,(H,25,28)/t17-,19-/m0/s1. The van der Waals surface area contributed by atoms with Crippen LogP contribution >= 0.6 is 23.2 Å². The topological polar surface area (TPSA) is 61.8 Å². The number of anilines is 1. The quantitative estimate of drug-likeness (QED) is 0.737. The molecule has 152 valence electrons. The van der Waals surface area contributed by atoms with Crippen LogP contribution in [0.1, 0.15) is 31.2 Å². The van der Waals surface area contributed by atoms with E-state index in [4.69, 9.17) is 27.9 Å². The molecule has 0 radical (unpaired) electrons. The predicted molar refractivity (Wildman–Crippen MR) is 114 cm³/mol. The first-order valence-corrected chi connectivity index (χ1v) is 10.4. The lowest BCUT2D eigenvalue weighted by Crippen LogP contribution is -2.46. The molecule has 1 aliphatic heterocycles. The maximum Gasteiger partial charge on any atom is 0.288 e. The summed E-state index contributed by atoms with van der Waals surface area (Å²) in [6, 6.07) is 12.8. The highest BCUT2D eigenvalue weighted by Crippen LogP contribution is 2.35. The molecule has 0 bridgehead atoms. The average molecular weight is 433 g/mol. The van der Waals surface area contributed by atoms with E-state index >= 15 is 0 Å². The summed E-state index contributed by atoms with van der Waals surface area (Å²) in [6.45, 7) is 0.500. The number of carbonyl (C=O) groups is 1. The molecule has 1 fully saturated rings. The Morgan fingerprint density at radius 2 is 1.93 bits per heavy atom. The number of nitrogens with zero attached hydrogens (tertiary/aromatic N) is 1. The molecule has 1 saturated carbocycles. The summed E-state index contributed by atoms with van der Waals surface area (Å²) in [4.78, 5) is 14.8. The first-order valence-electron chi connectivity index (χ1n) is 9.69. The number of ether oxygens (including phenoxy) is 1. The molecule has 2 N–H and O–H groups in total. The summed E-state index contributed by atoms with van der Waals surface area (Å²) < 4.78 is 5.86. The molecule has 2 atom stereocenters. The lowest BCUT2D eigenvalue weighted by atomic mass is 9.92. The summed E-state index contributed by atoms with van der Waals surface area (Å²) in [7, 11) is 0. The van der Waals surface area contributed by atoms with Gasteiger partial charge in [-0.1, -0.05) is 54.2 Å². The zero-order valence-corrected chi connectivity index (χ0v) is 17.3. The van der Waals surface area contributed by atoms with E-state index in [2.05, 4.69) is 5.32 Å². The van der Waals surface area contributed by atoms with Crippen LogP contribution in [-0.2, 0) is 11.3 Å². The van der Waals surface area contributed by atoms with Crippen LogP contribution < -0.4 is 15.0 Å². The zero-order chi connectivity index (χ0) is 20.4. The molecule has 29 heavy (non-hydrogen) atoms. The zero-order valence-electron chi connectivity index (χ0n) is 15.8. The molecular weight excluding hydrogens is 411 g/mol. The van der Waals surface area contributed by atoms with Crippen molar-refractivity contribution in [3.8, 4) is 5.75 Å². The fraction of sp³-hybridized carbons (Fsp3) is 0.318. The van der Waals surface area contributed by atoms with E-state index in [1.54, 1.807) is 12.3 Å². The van der Waals surface area contributed by atoms with Gasteiger partial charge in [0.25, 0.3) is 5.91 Å². The van der Waals surface area contributed by atoms with Crippen molar-refractivity contribution < 1.29 is 14.6 Å². The monoisotopic (exact) mass is 432 g/mol. The van der Waals surface area contributed by atoms with Crippen molar-refractivity contribution >= 4 is 34.8 Å². The molecule has 2 aromatic rings. The Labute approximate surface area is 179 Å². The molecule has 0 unspecified atom stereocenters. The van der Waals surface area contributed by atoms with Crippen LogP contribution in [0.4, 0.5) is 5.69 Å². The maximum atomic E-state index is 12.8. The van der Waals surface area contributed by atoms with Crippen molar-refractivity contribution in [2.75, 3.05) is 4.90 Å². The van der Waals surface area contributed by atoms with Crippen LogP contribution in [-0.4, -0.2) is 23.2 Å². The second-order valence-electron chi connectivity index (χ2n) is 7.37. The number of benzene rings is 2. The number of rotatable bonds is 4. The minimum Gasteiger partial charge on any atom is -0.448 e. The largest absolute Gasteiger partial charge is 0.448 e. The number of aliphatic hydroxyl groups excluding tert-OH is 1. The third-order valence-corrected chi connectivity index (χ3v) is 6.01. The lowest BCUT2D eigenvalue weighted by Gasteiger charge is -2.31. The van der Waals surface area contributed by atoms with Gasteiger partial charge in [-0.25, -0.2) is 0 Å². The van der Waals surface area contributed by atoms with E-state index in [0.717, 1.165) is 30.5 Å². The predicted octanol–water partition coefficient (Wildman–Crippen LogP) is 4.65. The third-order valence-electron chi connectivity index (χ3n) is 5.27.